The van der Waals surface area contributed by atoms with E-state index < -0.39 is 33.8 Å². The average Bonchev–Trinajstić information content (AvgIpc) is 2.73. The summed E-state index contributed by atoms with van der Waals surface area (Å²) in [5, 5.41) is 0. The first-order chi connectivity index (χ1) is 14.6. The van der Waals surface area contributed by atoms with Crippen molar-refractivity contribution in [3.8, 4) is 0 Å². The van der Waals surface area contributed by atoms with E-state index in [-0.39, 0.29) is 35.6 Å². The van der Waals surface area contributed by atoms with Gasteiger partial charge >= 0.3 is 12.1 Å². The Morgan fingerprint density at radius 3 is 2.39 bits per heavy atom. The van der Waals surface area contributed by atoms with E-state index in [9.17, 15) is 26.4 Å². The van der Waals surface area contributed by atoms with Gasteiger partial charge in [0, 0.05) is 12.1 Å². The minimum Gasteiger partial charge on any atom is -0.463 e. The average molecular weight is 453 g/mol. The molecule has 0 amide bonds. The fraction of sp³-hybridized carbons (Fsp3) is 0.318. The molecule has 0 aromatic heterocycles. The maximum Gasteiger partial charge on any atom is 0.416 e. The number of halogens is 3. The second kappa shape index (κ2) is 8.84. The van der Waals surface area contributed by atoms with Crippen LogP contribution in [0.4, 0.5) is 13.2 Å². The number of sulfonamides is 1. The maximum atomic E-state index is 13.6. The lowest BCUT2D eigenvalue weighted by atomic mass is 9.94. The van der Waals surface area contributed by atoms with Crippen LogP contribution in [0.1, 0.15) is 36.1 Å². The first kappa shape index (κ1) is 23.0. The van der Waals surface area contributed by atoms with Crippen molar-refractivity contribution in [2.75, 3.05) is 13.2 Å². The molecule has 2 aromatic rings. The van der Waals surface area contributed by atoms with Crippen LogP contribution in [0.5, 0.6) is 0 Å². The zero-order valence-corrected chi connectivity index (χ0v) is 17.8. The first-order valence-corrected chi connectivity index (χ1v) is 11.1. The maximum absolute atomic E-state index is 13.6. The van der Waals surface area contributed by atoms with Crippen LogP contribution in [0.2, 0.25) is 0 Å². The van der Waals surface area contributed by atoms with Gasteiger partial charge in [0.2, 0.25) is 10.0 Å². The summed E-state index contributed by atoms with van der Waals surface area (Å²) in [5.41, 5.74) is -0.135. The Kier molecular flexibility index (Phi) is 6.56. The van der Waals surface area contributed by atoms with Crippen molar-refractivity contribution in [3.05, 3.63) is 76.9 Å². The lowest BCUT2D eigenvalue weighted by molar-refractivity contribution is -0.140. The third kappa shape index (κ3) is 4.83. The van der Waals surface area contributed by atoms with Crippen LogP contribution in [0.25, 0.3) is 0 Å². The lowest BCUT2D eigenvalue weighted by Crippen LogP contribution is -2.40. The topological polar surface area (TPSA) is 63.7 Å². The quantitative estimate of drug-likeness (QED) is 0.619. The molecule has 0 aliphatic carbocycles. The molecule has 0 bridgehead atoms. The van der Waals surface area contributed by atoms with E-state index in [0.717, 1.165) is 15.9 Å². The molecule has 166 valence electrons. The molecule has 3 rings (SSSR count). The molecule has 1 aliphatic heterocycles. The van der Waals surface area contributed by atoms with Crippen molar-refractivity contribution in [1.82, 2.24) is 4.31 Å². The standard InChI is InChI=1S/C22H22F3NO4S/c1-3-30-21(27)16-10-13-20(18-6-4-5-7-19(18)22(23,24)25)26(14-16)31(28,29)17-11-8-15(2)9-12-17/h4-12,20H,3,13-14H2,1-2H3. The molecule has 31 heavy (non-hydrogen) atoms. The van der Waals surface area contributed by atoms with Crippen molar-refractivity contribution < 1.29 is 31.1 Å². The molecular formula is C22H22F3NO4S. The molecule has 0 spiro atoms. The Labute approximate surface area is 179 Å². The predicted molar refractivity (Wildman–Crippen MR) is 109 cm³/mol. The van der Waals surface area contributed by atoms with Gasteiger partial charge in [-0.25, -0.2) is 13.2 Å². The fourth-order valence-corrected chi connectivity index (χ4v) is 5.11. The Morgan fingerprint density at radius 2 is 1.77 bits per heavy atom. The number of carbonyl (C=O) groups is 1. The van der Waals surface area contributed by atoms with Gasteiger partial charge in [0.25, 0.3) is 0 Å². The summed E-state index contributed by atoms with van der Waals surface area (Å²) in [6, 6.07) is 9.79. The van der Waals surface area contributed by atoms with Gasteiger partial charge in [0.1, 0.15) is 0 Å². The molecular weight excluding hydrogens is 431 g/mol. The summed E-state index contributed by atoms with van der Waals surface area (Å²) in [4.78, 5) is 12.2. The van der Waals surface area contributed by atoms with Gasteiger partial charge in [0.15, 0.2) is 0 Å². The number of esters is 1. The minimum atomic E-state index is -4.65. The van der Waals surface area contributed by atoms with Crippen molar-refractivity contribution in [1.29, 1.82) is 0 Å². The third-order valence-corrected chi connectivity index (χ3v) is 6.92. The normalized spacial score (nSPS) is 17.8. The Balaban J connectivity index is 2.13. The Bertz CT molecular complexity index is 1090. The second-order valence-electron chi connectivity index (χ2n) is 7.15. The zero-order valence-electron chi connectivity index (χ0n) is 17.0. The summed E-state index contributed by atoms with van der Waals surface area (Å²) >= 11 is 0. The summed E-state index contributed by atoms with van der Waals surface area (Å²) < 4.78 is 73.7. The number of nitrogens with zero attached hydrogens (tertiary/aromatic N) is 1. The summed E-state index contributed by atoms with van der Waals surface area (Å²) in [6.45, 7) is 3.12. The van der Waals surface area contributed by atoms with E-state index in [2.05, 4.69) is 0 Å². The first-order valence-electron chi connectivity index (χ1n) is 9.66. The highest BCUT2D eigenvalue weighted by atomic mass is 32.2. The van der Waals surface area contributed by atoms with Crippen LogP contribution in [-0.4, -0.2) is 31.8 Å². The SMILES string of the molecule is CCOC(=O)C1=CCC(c2ccccc2C(F)(F)F)N(S(=O)(=O)c2ccc(C)cc2)C1. The van der Waals surface area contributed by atoms with E-state index in [4.69, 9.17) is 4.74 Å². The number of rotatable bonds is 5. The molecule has 1 atom stereocenters. The number of carbonyl (C=O) groups excluding carboxylic acids is 1. The number of benzene rings is 2. The van der Waals surface area contributed by atoms with Gasteiger partial charge in [0.05, 0.1) is 23.1 Å². The van der Waals surface area contributed by atoms with E-state index in [1.807, 2.05) is 0 Å². The van der Waals surface area contributed by atoms with Crippen molar-refractivity contribution in [2.24, 2.45) is 0 Å². The molecule has 0 radical (unpaired) electrons. The third-order valence-electron chi connectivity index (χ3n) is 5.05. The van der Waals surface area contributed by atoms with Crippen LogP contribution >= 0.6 is 0 Å². The number of aryl methyl sites for hydroxylation is 1. The number of ether oxygens (including phenoxy) is 1. The van der Waals surface area contributed by atoms with Crippen LogP contribution in [0.15, 0.2) is 65.1 Å². The largest absolute Gasteiger partial charge is 0.463 e. The second-order valence-corrected chi connectivity index (χ2v) is 9.04. The van der Waals surface area contributed by atoms with Crippen molar-refractivity contribution in [3.63, 3.8) is 0 Å². The van der Waals surface area contributed by atoms with Gasteiger partial charge in [-0.1, -0.05) is 42.0 Å². The van der Waals surface area contributed by atoms with Crippen LogP contribution in [0.3, 0.4) is 0 Å². The molecule has 0 saturated heterocycles. The van der Waals surface area contributed by atoms with Crippen LogP contribution < -0.4 is 0 Å². The molecule has 9 heteroatoms. The molecule has 0 fully saturated rings. The molecule has 1 aliphatic rings. The Hall–Kier alpha value is -2.65. The van der Waals surface area contributed by atoms with Gasteiger partial charge < -0.3 is 4.74 Å². The number of hydrogen-bond acceptors (Lipinski definition) is 4. The van der Waals surface area contributed by atoms with Gasteiger partial charge in [-0.3, -0.25) is 0 Å². The van der Waals surface area contributed by atoms with E-state index in [1.165, 1.54) is 36.4 Å². The molecule has 1 unspecified atom stereocenters. The van der Waals surface area contributed by atoms with E-state index in [0.29, 0.717) is 0 Å². The summed E-state index contributed by atoms with van der Waals surface area (Å²) in [6.07, 6.45) is -3.29. The zero-order chi connectivity index (χ0) is 22.8. The molecule has 0 saturated carbocycles. The van der Waals surface area contributed by atoms with Crippen LogP contribution in [-0.2, 0) is 25.7 Å². The highest BCUT2D eigenvalue weighted by Crippen LogP contribution is 2.41. The number of hydrogen-bond donors (Lipinski definition) is 0. The fourth-order valence-electron chi connectivity index (χ4n) is 3.51. The van der Waals surface area contributed by atoms with Gasteiger partial charge in [-0.05, 0) is 44.0 Å². The smallest absolute Gasteiger partial charge is 0.416 e. The molecule has 0 N–H and O–H groups in total. The highest BCUT2D eigenvalue weighted by molar-refractivity contribution is 7.89. The minimum absolute atomic E-state index is 0.0577. The van der Waals surface area contributed by atoms with E-state index in [1.54, 1.807) is 26.0 Å². The summed E-state index contributed by atoms with van der Waals surface area (Å²) in [7, 11) is -4.20. The van der Waals surface area contributed by atoms with Gasteiger partial charge in [-0.15, -0.1) is 0 Å². The monoisotopic (exact) mass is 453 g/mol. The summed E-state index contributed by atoms with van der Waals surface area (Å²) in [5.74, 6) is -0.686. The van der Waals surface area contributed by atoms with Gasteiger partial charge in [-0.2, -0.15) is 17.5 Å². The lowest BCUT2D eigenvalue weighted by Gasteiger charge is -2.35. The Morgan fingerprint density at radius 1 is 1.13 bits per heavy atom. The molecule has 2 aromatic carbocycles. The predicted octanol–water partition coefficient (Wildman–Crippen LogP) is 4.64. The van der Waals surface area contributed by atoms with Crippen molar-refractivity contribution >= 4 is 16.0 Å². The highest BCUT2D eigenvalue weighted by Gasteiger charge is 2.41. The molecule has 5 nitrogen and oxygen atoms in total. The van der Waals surface area contributed by atoms with Crippen LogP contribution in [0, 0.1) is 6.92 Å². The van der Waals surface area contributed by atoms with Crippen molar-refractivity contribution in [2.45, 2.75) is 37.4 Å². The number of alkyl halides is 3. The van der Waals surface area contributed by atoms with E-state index >= 15 is 0 Å². The molecule has 1 heterocycles.